The summed E-state index contributed by atoms with van der Waals surface area (Å²) in [5.74, 6) is 0.829. The monoisotopic (exact) mass is 236 g/mol. The van der Waals surface area contributed by atoms with Gasteiger partial charge in [0.05, 0.1) is 19.7 Å². The van der Waals surface area contributed by atoms with Crippen molar-refractivity contribution in [1.29, 1.82) is 0 Å². The number of rotatable bonds is 6. The van der Waals surface area contributed by atoms with E-state index >= 15 is 0 Å². The molecular formula is C13H20N2O2. The number of carbonyl (C=O) groups excluding carboxylic acids is 1. The van der Waals surface area contributed by atoms with Crippen molar-refractivity contribution in [2.24, 2.45) is 0 Å². The lowest BCUT2D eigenvalue weighted by Crippen LogP contribution is -2.35. The Morgan fingerprint density at radius 3 is 2.53 bits per heavy atom. The fourth-order valence-electron chi connectivity index (χ4n) is 1.51. The van der Waals surface area contributed by atoms with E-state index in [1.165, 1.54) is 0 Å². The smallest absolute Gasteiger partial charge is 0.234 e. The minimum absolute atomic E-state index is 0.00654. The Hall–Kier alpha value is -1.55. The van der Waals surface area contributed by atoms with Crippen LogP contribution in [0.1, 0.15) is 25.5 Å². The maximum absolute atomic E-state index is 11.5. The molecule has 1 aromatic rings. The maximum atomic E-state index is 11.5. The van der Waals surface area contributed by atoms with Crippen LogP contribution in [-0.2, 0) is 4.79 Å². The zero-order valence-corrected chi connectivity index (χ0v) is 10.6. The predicted molar refractivity (Wildman–Crippen MR) is 68.1 cm³/mol. The summed E-state index contributed by atoms with van der Waals surface area (Å²) in [6.07, 6.45) is 0. The molecule has 1 rings (SSSR count). The summed E-state index contributed by atoms with van der Waals surface area (Å²) in [6, 6.07) is 7.70. The molecule has 4 heteroatoms. The molecule has 1 amide bonds. The van der Waals surface area contributed by atoms with E-state index in [-0.39, 0.29) is 11.9 Å². The zero-order valence-electron chi connectivity index (χ0n) is 10.6. The molecule has 0 fully saturated rings. The summed E-state index contributed by atoms with van der Waals surface area (Å²) in [7, 11) is 1.64. The highest BCUT2D eigenvalue weighted by atomic mass is 16.5. The van der Waals surface area contributed by atoms with E-state index in [1.807, 2.05) is 38.1 Å². The van der Waals surface area contributed by atoms with Crippen LogP contribution in [0.5, 0.6) is 5.75 Å². The second-order valence-corrected chi connectivity index (χ2v) is 3.84. The van der Waals surface area contributed by atoms with Crippen molar-refractivity contribution in [2.45, 2.75) is 19.9 Å². The van der Waals surface area contributed by atoms with Crippen molar-refractivity contribution in [3.05, 3.63) is 29.8 Å². The molecule has 0 aliphatic carbocycles. The number of hydrogen-bond donors (Lipinski definition) is 2. The molecular weight excluding hydrogens is 216 g/mol. The average molecular weight is 236 g/mol. The van der Waals surface area contributed by atoms with Gasteiger partial charge in [0.15, 0.2) is 0 Å². The summed E-state index contributed by atoms with van der Waals surface area (Å²) in [5.41, 5.74) is 1.07. The van der Waals surface area contributed by atoms with E-state index in [4.69, 9.17) is 4.74 Å². The van der Waals surface area contributed by atoms with E-state index in [0.717, 1.165) is 17.9 Å². The Kier molecular flexibility index (Phi) is 5.49. The fourth-order valence-corrected chi connectivity index (χ4v) is 1.51. The molecule has 0 spiro atoms. The highest BCUT2D eigenvalue weighted by molar-refractivity contribution is 5.78. The van der Waals surface area contributed by atoms with Gasteiger partial charge in [0, 0.05) is 0 Å². The van der Waals surface area contributed by atoms with Crippen LogP contribution < -0.4 is 15.4 Å². The highest BCUT2D eigenvalue weighted by Gasteiger charge is 2.08. The number of nitrogens with one attached hydrogen (secondary N) is 2. The van der Waals surface area contributed by atoms with E-state index in [1.54, 1.807) is 7.11 Å². The van der Waals surface area contributed by atoms with Crippen LogP contribution in [0.15, 0.2) is 24.3 Å². The van der Waals surface area contributed by atoms with Crippen molar-refractivity contribution in [3.63, 3.8) is 0 Å². The predicted octanol–water partition coefficient (Wildman–Crippen LogP) is 1.48. The Balaban J connectivity index is 2.51. The molecule has 17 heavy (non-hydrogen) atoms. The molecule has 94 valence electrons. The molecule has 0 aromatic heterocycles. The summed E-state index contributed by atoms with van der Waals surface area (Å²) >= 11 is 0. The first kappa shape index (κ1) is 13.5. The number of likely N-dealkylation sites (N-methyl/N-ethyl adjacent to an activating group) is 1. The van der Waals surface area contributed by atoms with Gasteiger partial charge < -0.3 is 15.4 Å². The third-order valence-corrected chi connectivity index (χ3v) is 2.53. The number of methoxy groups -OCH3 is 1. The third kappa shape index (κ3) is 4.44. The molecule has 0 bridgehead atoms. The molecule has 4 nitrogen and oxygen atoms in total. The first-order valence-corrected chi connectivity index (χ1v) is 5.81. The fraction of sp³-hybridized carbons (Fsp3) is 0.462. The normalized spacial score (nSPS) is 11.9. The van der Waals surface area contributed by atoms with Gasteiger partial charge in [-0.2, -0.15) is 0 Å². The number of benzene rings is 1. The Labute approximate surface area is 102 Å². The zero-order chi connectivity index (χ0) is 12.7. The van der Waals surface area contributed by atoms with Crippen LogP contribution in [-0.4, -0.2) is 26.1 Å². The van der Waals surface area contributed by atoms with Crippen LogP contribution in [0.3, 0.4) is 0 Å². The second-order valence-electron chi connectivity index (χ2n) is 3.84. The summed E-state index contributed by atoms with van der Waals surface area (Å²) in [5, 5.41) is 5.92. The second kappa shape index (κ2) is 6.91. The highest BCUT2D eigenvalue weighted by Crippen LogP contribution is 2.16. The van der Waals surface area contributed by atoms with E-state index in [9.17, 15) is 4.79 Å². The number of hydrogen-bond acceptors (Lipinski definition) is 3. The number of carbonyl (C=O) groups is 1. The third-order valence-electron chi connectivity index (χ3n) is 2.53. The van der Waals surface area contributed by atoms with Crippen LogP contribution in [0.4, 0.5) is 0 Å². The quantitative estimate of drug-likeness (QED) is 0.786. The number of amides is 1. The minimum Gasteiger partial charge on any atom is -0.497 e. The first-order valence-electron chi connectivity index (χ1n) is 5.81. The molecule has 0 heterocycles. The van der Waals surface area contributed by atoms with Gasteiger partial charge in [-0.15, -0.1) is 0 Å². The van der Waals surface area contributed by atoms with Crippen molar-refractivity contribution in [1.82, 2.24) is 10.6 Å². The van der Waals surface area contributed by atoms with Gasteiger partial charge >= 0.3 is 0 Å². The van der Waals surface area contributed by atoms with Gasteiger partial charge in [-0.25, -0.2) is 0 Å². The summed E-state index contributed by atoms with van der Waals surface area (Å²) in [4.78, 5) is 11.5. The Bertz CT molecular complexity index is 349. The molecule has 0 aliphatic rings. The molecule has 0 saturated heterocycles. The lowest BCUT2D eigenvalue weighted by molar-refractivity contribution is -0.120. The van der Waals surface area contributed by atoms with E-state index in [2.05, 4.69) is 10.6 Å². The maximum Gasteiger partial charge on any atom is 0.234 e. The van der Waals surface area contributed by atoms with Crippen molar-refractivity contribution < 1.29 is 9.53 Å². The summed E-state index contributed by atoms with van der Waals surface area (Å²) < 4.78 is 5.09. The SMILES string of the molecule is CCNCC(=O)NC(C)c1ccc(OC)cc1. The molecule has 0 aliphatic heterocycles. The van der Waals surface area contributed by atoms with Gasteiger partial charge in [-0.3, -0.25) is 4.79 Å². The lowest BCUT2D eigenvalue weighted by atomic mass is 10.1. The van der Waals surface area contributed by atoms with Crippen molar-refractivity contribution >= 4 is 5.91 Å². The Morgan fingerprint density at radius 1 is 1.35 bits per heavy atom. The molecule has 0 radical (unpaired) electrons. The van der Waals surface area contributed by atoms with Crippen molar-refractivity contribution in [2.75, 3.05) is 20.2 Å². The van der Waals surface area contributed by atoms with Crippen LogP contribution >= 0.6 is 0 Å². The summed E-state index contributed by atoms with van der Waals surface area (Å²) in [6.45, 7) is 5.09. The standard InChI is InChI=1S/C13H20N2O2/c1-4-14-9-13(16)15-10(2)11-5-7-12(17-3)8-6-11/h5-8,10,14H,4,9H2,1-3H3,(H,15,16). The van der Waals surface area contributed by atoms with Gasteiger partial charge in [0.1, 0.15) is 5.75 Å². The minimum atomic E-state index is 0.00654. The first-order chi connectivity index (χ1) is 8.17. The molecule has 0 saturated carbocycles. The molecule has 1 aromatic carbocycles. The molecule has 1 atom stereocenters. The molecule has 1 unspecified atom stereocenters. The average Bonchev–Trinajstić information content (AvgIpc) is 2.36. The van der Waals surface area contributed by atoms with E-state index < -0.39 is 0 Å². The topological polar surface area (TPSA) is 50.4 Å². The van der Waals surface area contributed by atoms with Gasteiger partial charge in [-0.1, -0.05) is 19.1 Å². The van der Waals surface area contributed by atoms with E-state index in [0.29, 0.717) is 6.54 Å². The van der Waals surface area contributed by atoms with Gasteiger partial charge in [0.25, 0.3) is 0 Å². The van der Waals surface area contributed by atoms with Crippen LogP contribution in [0, 0.1) is 0 Å². The largest absolute Gasteiger partial charge is 0.497 e. The van der Waals surface area contributed by atoms with Gasteiger partial charge in [-0.05, 0) is 31.2 Å². The Morgan fingerprint density at radius 2 is 2.00 bits per heavy atom. The van der Waals surface area contributed by atoms with Crippen molar-refractivity contribution in [3.8, 4) is 5.75 Å². The van der Waals surface area contributed by atoms with Gasteiger partial charge in [0.2, 0.25) is 5.91 Å². The molecule has 2 N–H and O–H groups in total. The van der Waals surface area contributed by atoms with Crippen LogP contribution in [0.2, 0.25) is 0 Å². The lowest BCUT2D eigenvalue weighted by Gasteiger charge is -2.14. The number of ether oxygens (including phenoxy) is 1. The van der Waals surface area contributed by atoms with Crippen LogP contribution in [0.25, 0.3) is 0 Å².